The maximum atomic E-state index is 15.6. The van der Waals surface area contributed by atoms with Gasteiger partial charge in [0.25, 0.3) is 5.79 Å². The Kier molecular flexibility index (Phi) is 7.08. The van der Waals surface area contributed by atoms with E-state index in [0.29, 0.717) is 58.2 Å². The number of methoxy groups -OCH3 is 1. The van der Waals surface area contributed by atoms with Gasteiger partial charge in [0.2, 0.25) is 0 Å². The van der Waals surface area contributed by atoms with Gasteiger partial charge in [-0.05, 0) is 59.7 Å². The van der Waals surface area contributed by atoms with Crippen LogP contribution < -0.4 is 9.47 Å². The molecule has 214 valence electrons. The number of hydrogen-bond donors (Lipinski definition) is 1. The summed E-state index contributed by atoms with van der Waals surface area (Å²) in [7, 11) is 1.57. The third-order valence-electron chi connectivity index (χ3n) is 7.31. The van der Waals surface area contributed by atoms with Gasteiger partial charge in [0.1, 0.15) is 17.5 Å². The number of imidazole rings is 1. The molecule has 7 nitrogen and oxygen atoms in total. The molecule has 42 heavy (non-hydrogen) atoms. The number of ether oxygens (including phenoxy) is 3. The number of aromatic carboxylic acids is 1. The molecule has 1 aliphatic rings. The standard InChI is InChI=1S/C32H25ClF2N2O5/c1-32(23-10-9-21(33)17-25(23)35)41-28-5-3-4-22(30(28)42-32)18-6-7-19(24(34)14-18)16-29-36-26-11-8-20(31(38)39)15-27(26)37(29)12-13-40-2/h3-11,14-15,17H,12-13,16H2,1-2H3,(H,38,39). The Labute approximate surface area is 244 Å². The van der Waals surface area contributed by atoms with E-state index < -0.39 is 23.4 Å². The van der Waals surface area contributed by atoms with Gasteiger partial charge in [-0.1, -0.05) is 35.9 Å². The molecule has 0 aliphatic carbocycles. The molecule has 0 saturated carbocycles. The van der Waals surface area contributed by atoms with E-state index >= 15 is 4.39 Å². The van der Waals surface area contributed by atoms with Crippen LogP contribution in [0.2, 0.25) is 5.02 Å². The van der Waals surface area contributed by atoms with E-state index in [1.807, 2.05) is 4.57 Å². The summed E-state index contributed by atoms with van der Waals surface area (Å²) in [5.74, 6) is -2.14. The molecule has 10 heteroatoms. The molecular formula is C32H25ClF2N2O5. The quantitative estimate of drug-likeness (QED) is 0.206. The average Bonchev–Trinajstić information content (AvgIpc) is 3.48. The van der Waals surface area contributed by atoms with Crippen LogP contribution in [0.25, 0.3) is 22.2 Å². The van der Waals surface area contributed by atoms with Gasteiger partial charge in [-0.3, -0.25) is 0 Å². The molecule has 0 saturated heterocycles. The number of aromatic nitrogens is 2. The van der Waals surface area contributed by atoms with E-state index in [4.69, 9.17) is 25.8 Å². The molecule has 0 spiro atoms. The summed E-state index contributed by atoms with van der Waals surface area (Å²) >= 11 is 5.92. The molecule has 1 N–H and O–H groups in total. The first kappa shape index (κ1) is 27.7. The van der Waals surface area contributed by atoms with Gasteiger partial charge in [-0.2, -0.15) is 0 Å². The monoisotopic (exact) mass is 590 g/mol. The first-order valence-corrected chi connectivity index (χ1v) is 13.5. The third kappa shape index (κ3) is 4.95. The number of fused-ring (bicyclic) bond motifs is 2. The van der Waals surface area contributed by atoms with E-state index in [1.54, 1.807) is 62.6 Å². The molecule has 0 amide bonds. The second kappa shape index (κ2) is 10.7. The minimum Gasteiger partial charge on any atom is -0.478 e. The summed E-state index contributed by atoms with van der Waals surface area (Å²) in [4.78, 5) is 16.2. The molecule has 0 fully saturated rings. The number of rotatable bonds is 8. The van der Waals surface area contributed by atoms with Crippen molar-refractivity contribution < 1.29 is 32.9 Å². The highest BCUT2D eigenvalue weighted by Gasteiger charge is 2.42. The highest BCUT2D eigenvalue weighted by Crippen LogP contribution is 2.49. The lowest BCUT2D eigenvalue weighted by molar-refractivity contribution is -0.0705. The number of nitrogens with zero attached hydrogens (tertiary/aromatic N) is 2. The van der Waals surface area contributed by atoms with Crippen LogP contribution in [0, 0.1) is 11.6 Å². The molecule has 1 aliphatic heterocycles. The van der Waals surface area contributed by atoms with E-state index in [9.17, 15) is 14.3 Å². The van der Waals surface area contributed by atoms with Gasteiger partial charge in [-0.25, -0.2) is 18.6 Å². The van der Waals surface area contributed by atoms with Crippen molar-refractivity contribution in [2.75, 3.05) is 13.7 Å². The van der Waals surface area contributed by atoms with Crippen molar-refractivity contribution in [3.63, 3.8) is 0 Å². The summed E-state index contributed by atoms with van der Waals surface area (Å²) in [5, 5.41) is 9.69. The van der Waals surface area contributed by atoms with Gasteiger partial charge in [-0.15, -0.1) is 0 Å². The number of halogens is 3. The van der Waals surface area contributed by atoms with E-state index in [1.165, 1.54) is 24.3 Å². The SMILES string of the molecule is COCCn1c(Cc2ccc(-c3cccc4c3OC(C)(c3ccc(Cl)cc3F)O4)cc2F)nc2ccc(C(=O)O)cc21. The first-order valence-electron chi connectivity index (χ1n) is 13.1. The fraction of sp³-hybridized carbons (Fsp3) is 0.188. The summed E-state index contributed by atoms with van der Waals surface area (Å²) in [6.07, 6.45) is 0.174. The highest BCUT2D eigenvalue weighted by atomic mass is 35.5. The number of benzene rings is 4. The van der Waals surface area contributed by atoms with Crippen LogP contribution in [0.3, 0.4) is 0 Å². The topological polar surface area (TPSA) is 82.8 Å². The lowest BCUT2D eigenvalue weighted by Gasteiger charge is -2.24. The Bertz CT molecular complexity index is 1860. The van der Waals surface area contributed by atoms with Crippen LogP contribution in [0.4, 0.5) is 8.78 Å². The highest BCUT2D eigenvalue weighted by molar-refractivity contribution is 6.30. The third-order valence-corrected chi connectivity index (χ3v) is 7.54. The van der Waals surface area contributed by atoms with Gasteiger partial charge >= 0.3 is 5.97 Å². The van der Waals surface area contributed by atoms with Gasteiger partial charge in [0.05, 0.1) is 28.8 Å². The Balaban J connectivity index is 1.32. The van der Waals surface area contributed by atoms with Crippen LogP contribution in [0.1, 0.15) is 34.2 Å². The second-order valence-electron chi connectivity index (χ2n) is 10.1. The molecule has 1 atom stereocenters. The van der Waals surface area contributed by atoms with Crippen molar-refractivity contribution in [3.8, 4) is 22.6 Å². The van der Waals surface area contributed by atoms with Gasteiger partial charge in [0, 0.05) is 37.6 Å². The lowest BCUT2D eigenvalue weighted by atomic mass is 10.0. The first-order chi connectivity index (χ1) is 20.2. The molecule has 6 rings (SSSR count). The molecule has 0 radical (unpaired) electrons. The zero-order valence-electron chi connectivity index (χ0n) is 22.7. The van der Waals surface area contributed by atoms with Crippen molar-refractivity contribution in [2.45, 2.75) is 25.7 Å². The van der Waals surface area contributed by atoms with Gasteiger partial charge < -0.3 is 23.9 Å². The average molecular weight is 591 g/mol. The number of carbonyl (C=O) groups is 1. The van der Waals surface area contributed by atoms with Crippen LogP contribution >= 0.6 is 11.6 Å². The smallest absolute Gasteiger partial charge is 0.335 e. The summed E-state index contributed by atoms with van der Waals surface area (Å²) in [5.41, 5.74) is 3.11. The summed E-state index contributed by atoms with van der Waals surface area (Å²) in [6.45, 7) is 2.41. The van der Waals surface area contributed by atoms with Crippen LogP contribution in [-0.2, 0) is 23.5 Å². The zero-order valence-corrected chi connectivity index (χ0v) is 23.4. The molecule has 2 heterocycles. The van der Waals surface area contributed by atoms with Crippen molar-refractivity contribution in [3.05, 3.63) is 112 Å². The Morgan fingerprint density at radius 2 is 1.88 bits per heavy atom. The van der Waals surface area contributed by atoms with E-state index in [0.717, 1.165) is 0 Å². The predicted molar refractivity (Wildman–Crippen MR) is 153 cm³/mol. The van der Waals surface area contributed by atoms with Crippen molar-refractivity contribution in [1.29, 1.82) is 0 Å². The maximum Gasteiger partial charge on any atom is 0.335 e. The van der Waals surface area contributed by atoms with Crippen molar-refractivity contribution in [1.82, 2.24) is 9.55 Å². The van der Waals surface area contributed by atoms with E-state index in [-0.39, 0.29) is 22.6 Å². The second-order valence-corrected chi connectivity index (χ2v) is 10.5. The van der Waals surface area contributed by atoms with Crippen LogP contribution in [0.15, 0.2) is 72.8 Å². The molecule has 0 bridgehead atoms. The molecule has 1 unspecified atom stereocenters. The number of carboxylic acid groups (broad SMARTS) is 1. The van der Waals surface area contributed by atoms with Crippen molar-refractivity contribution in [2.24, 2.45) is 0 Å². The molecule has 1 aromatic heterocycles. The number of para-hydroxylation sites is 1. The fourth-order valence-corrected chi connectivity index (χ4v) is 5.38. The largest absolute Gasteiger partial charge is 0.478 e. The minimum atomic E-state index is -1.44. The van der Waals surface area contributed by atoms with Crippen LogP contribution in [-0.4, -0.2) is 34.3 Å². The predicted octanol–water partition coefficient (Wildman–Crippen LogP) is 7.21. The van der Waals surface area contributed by atoms with Crippen LogP contribution in [0.5, 0.6) is 11.5 Å². The van der Waals surface area contributed by atoms with Crippen molar-refractivity contribution >= 4 is 28.6 Å². The minimum absolute atomic E-state index is 0.139. The Morgan fingerprint density at radius 3 is 2.62 bits per heavy atom. The Morgan fingerprint density at radius 1 is 1.05 bits per heavy atom. The maximum absolute atomic E-state index is 15.6. The van der Waals surface area contributed by atoms with Gasteiger partial charge in [0.15, 0.2) is 11.5 Å². The summed E-state index contributed by atoms with van der Waals surface area (Å²) in [6, 6.07) is 19.1. The number of hydrogen-bond acceptors (Lipinski definition) is 5. The fourth-order valence-electron chi connectivity index (χ4n) is 5.22. The lowest BCUT2D eigenvalue weighted by Crippen LogP contribution is -2.32. The summed E-state index contributed by atoms with van der Waals surface area (Å²) < 4.78 is 49.7. The molecule has 5 aromatic rings. The normalized spacial score (nSPS) is 15.8. The Hall–Kier alpha value is -4.47. The van der Waals surface area contributed by atoms with E-state index in [2.05, 4.69) is 4.98 Å². The molecular weight excluding hydrogens is 566 g/mol. The molecule has 4 aromatic carbocycles. The zero-order chi connectivity index (χ0) is 29.6. The number of carboxylic acids is 1.